The van der Waals surface area contributed by atoms with Gasteiger partial charge < -0.3 is 0 Å². The van der Waals surface area contributed by atoms with Gasteiger partial charge in [-0.15, -0.1) is 0 Å². The zero-order chi connectivity index (χ0) is 13.1. The zero-order valence-corrected chi connectivity index (χ0v) is 9.91. The lowest BCUT2D eigenvalue weighted by Crippen LogP contribution is -1.96. The molecule has 0 aliphatic heterocycles. The van der Waals surface area contributed by atoms with Crippen molar-refractivity contribution in [3.8, 4) is 11.1 Å². The van der Waals surface area contributed by atoms with Crippen molar-refractivity contribution in [3.05, 3.63) is 59.2 Å². The molecular weight excluding hydrogens is 234 g/mol. The van der Waals surface area contributed by atoms with Crippen LogP contribution >= 0.6 is 0 Å². The summed E-state index contributed by atoms with van der Waals surface area (Å²) in [5, 5.41) is 0. The van der Waals surface area contributed by atoms with Gasteiger partial charge >= 0.3 is 0 Å². The predicted molar refractivity (Wildman–Crippen MR) is 66.6 cm³/mol. The van der Waals surface area contributed by atoms with Crippen LogP contribution in [-0.4, -0.2) is 6.29 Å². The quantitative estimate of drug-likeness (QED) is 0.748. The lowest BCUT2D eigenvalue weighted by atomic mass is 10.0. The van der Waals surface area contributed by atoms with Crippen molar-refractivity contribution in [1.29, 1.82) is 0 Å². The average molecular weight is 246 g/mol. The molecule has 0 fully saturated rings. The maximum Gasteiger partial charge on any atom is 0.166 e. The molecule has 0 atom stereocenters. The summed E-state index contributed by atoms with van der Waals surface area (Å²) in [6, 6.07) is 9.51. The highest BCUT2D eigenvalue weighted by atomic mass is 19.2. The molecule has 2 aromatic rings. The van der Waals surface area contributed by atoms with E-state index in [9.17, 15) is 13.6 Å². The summed E-state index contributed by atoms with van der Waals surface area (Å²) < 4.78 is 27.5. The standard InChI is InChI=1S/C15H12F2O/c1-2-11-7-8-13(15(17)14(11)16)12-5-3-10(9-18)4-6-12/h3-9H,2H2,1H3. The summed E-state index contributed by atoms with van der Waals surface area (Å²) in [4.78, 5) is 10.5. The summed E-state index contributed by atoms with van der Waals surface area (Å²) in [7, 11) is 0. The second-order valence-electron chi connectivity index (χ2n) is 3.99. The third-order valence-corrected chi connectivity index (χ3v) is 2.90. The molecule has 0 saturated carbocycles. The molecule has 0 heterocycles. The molecule has 0 radical (unpaired) electrons. The van der Waals surface area contributed by atoms with Crippen LogP contribution in [0.2, 0.25) is 0 Å². The SMILES string of the molecule is CCc1ccc(-c2ccc(C=O)cc2)c(F)c1F. The summed E-state index contributed by atoms with van der Waals surface area (Å²) in [5.41, 5.74) is 1.63. The number of aldehydes is 1. The molecule has 92 valence electrons. The molecule has 0 bridgehead atoms. The highest BCUT2D eigenvalue weighted by Crippen LogP contribution is 2.26. The van der Waals surface area contributed by atoms with E-state index in [4.69, 9.17) is 0 Å². The van der Waals surface area contributed by atoms with Crippen LogP contribution in [0, 0.1) is 11.6 Å². The molecule has 0 spiro atoms. The molecule has 0 aliphatic rings. The van der Waals surface area contributed by atoms with Crippen LogP contribution in [0.15, 0.2) is 36.4 Å². The van der Waals surface area contributed by atoms with E-state index in [-0.39, 0.29) is 5.56 Å². The monoisotopic (exact) mass is 246 g/mol. The van der Waals surface area contributed by atoms with Gasteiger partial charge in [-0.05, 0) is 17.5 Å². The summed E-state index contributed by atoms with van der Waals surface area (Å²) in [6.07, 6.45) is 1.16. The lowest BCUT2D eigenvalue weighted by Gasteiger charge is -2.07. The van der Waals surface area contributed by atoms with E-state index in [1.165, 1.54) is 0 Å². The molecule has 0 saturated heterocycles. The van der Waals surface area contributed by atoms with E-state index in [0.29, 0.717) is 29.4 Å². The van der Waals surface area contributed by atoms with E-state index >= 15 is 0 Å². The maximum absolute atomic E-state index is 13.9. The number of benzene rings is 2. The first kappa shape index (κ1) is 12.4. The molecule has 0 N–H and O–H groups in total. The van der Waals surface area contributed by atoms with Gasteiger partial charge in [-0.2, -0.15) is 0 Å². The summed E-state index contributed by atoms with van der Waals surface area (Å²) >= 11 is 0. The van der Waals surface area contributed by atoms with Crippen LogP contribution in [-0.2, 0) is 6.42 Å². The number of aryl methyl sites for hydroxylation is 1. The Morgan fingerprint density at radius 3 is 2.22 bits per heavy atom. The van der Waals surface area contributed by atoms with Gasteiger partial charge in [0.1, 0.15) is 6.29 Å². The summed E-state index contributed by atoms with van der Waals surface area (Å²) in [5.74, 6) is -1.64. The topological polar surface area (TPSA) is 17.1 Å². The Kier molecular flexibility index (Phi) is 3.51. The predicted octanol–water partition coefficient (Wildman–Crippen LogP) is 4.01. The van der Waals surface area contributed by atoms with Crippen molar-refractivity contribution in [1.82, 2.24) is 0 Å². The molecular formula is C15H12F2O. The Hall–Kier alpha value is -2.03. The number of rotatable bonds is 3. The van der Waals surface area contributed by atoms with Gasteiger partial charge in [0, 0.05) is 11.1 Å². The Labute approximate surface area is 104 Å². The minimum Gasteiger partial charge on any atom is -0.298 e. The van der Waals surface area contributed by atoms with Crippen molar-refractivity contribution in [2.75, 3.05) is 0 Å². The minimum absolute atomic E-state index is 0.210. The van der Waals surface area contributed by atoms with E-state index < -0.39 is 11.6 Å². The van der Waals surface area contributed by atoms with Crippen molar-refractivity contribution in [2.24, 2.45) is 0 Å². The first-order chi connectivity index (χ1) is 8.67. The van der Waals surface area contributed by atoms with Crippen LogP contribution < -0.4 is 0 Å². The van der Waals surface area contributed by atoms with Gasteiger partial charge in [0.15, 0.2) is 11.6 Å². The van der Waals surface area contributed by atoms with Crippen LogP contribution in [0.4, 0.5) is 8.78 Å². The van der Waals surface area contributed by atoms with Gasteiger partial charge in [-0.3, -0.25) is 4.79 Å². The third-order valence-electron chi connectivity index (χ3n) is 2.90. The Bertz CT molecular complexity index is 574. The van der Waals surface area contributed by atoms with Crippen molar-refractivity contribution >= 4 is 6.29 Å². The fraction of sp³-hybridized carbons (Fsp3) is 0.133. The van der Waals surface area contributed by atoms with E-state index in [1.54, 1.807) is 43.3 Å². The van der Waals surface area contributed by atoms with Crippen LogP contribution in [0.25, 0.3) is 11.1 Å². The minimum atomic E-state index is -0.840. The molecule has 2 aromatic carbocycles. The maximum atomic E-state index is 13.9. The molecule has 0 aliphatic carbocycles. The van der Waals surface area contributed by atoms with Crippen molar-refractivity contribution < 1.29 is 13.6 Å². The highest BCUT2D eigenvalue weighted by molar-refractivity contribution is 5.77. The molecule has 2 rings (SSSR count). The fourth-order valence-corrected chi connectivity index (χ4v) is 1.83. The van der Waals surface area contributed by atoms with E-state index in [0.717, 1.165) is 0 Å². The number of hydrogen-bond donors (Lipinski definition) is 0. The molecule has 0 aromatic heterocycles. The Balaban J connectivity index is 2.50. The molecule has 3 heteroatoms. The van der Waals surface area contributed by atoms with E-state index in [1.807, 2.05) is 0 Å². The van der Waals surface area contributed by atoms with Crippen molar-refractivity contribution in [2.45, 2.75) is 13.3 Å². The third kappa shape index (κ3) is 2.16. The molecule has 0 amide bonds. The average Bonchev–Trinajstić information content (AvgIpc) is 2.42. The number of carbonyl (C=O) groups is 1. The van der Waals surface area contributed by atoms with Gasteiger partial charge in [-0.1, -0.05) is 43.3 Å². The normalized spacial score (nSPS) is 10.4. The largest absolute Gasteiger partial charge is 0.298 e. The Morgan fingerprint density at radius 2 is 1.67 bits per heavy atom. The second-order valence-corrected chi connectivity index (χ2v) is 3.99. The number of halogens is 2. The van der Waals surface area contributed by atoms with Gasteiger partial charge in [-0.25, -0.2) is 8.78 Å². The van der Waals surface area contributed by atoms with Crippen LogP contribution in [0.1, 0.15) is 22.8 Å². The van der Waals surface area contributed by atoms with Crippen molar-refractivity contribution in [3.63, 3.8) is 0 Å². The van der Waals surface area contributed by atoms with Gasteiger partial charge in [0.05, 0.1) is 0 Å². The molecule has 18 heavy (non-hydrogen) atoms. The molecule has 1 nitrogen and oxygen atoms in total. The lowest BCUT2D eigenvalue weighted by molar-refractivity contribution is 0.112. The molecule has 0 unspecified atom stereocenters. The fourth-order valence-electron chi connectivity index (χ4n) is 1.83. The first-order valence-corrected chi connectivity index (χ1v) is 5.70. The smallest absolute Gasteiger partial charge is 0.166 e. The zero-order valence-electron chi connectivity index (χ0n) is 9.91. The Morgan fingerprint density at radius 1 is 1.00 bits per heavy atom. The van der Waals surface area contributed by atoms with Crippen LogP contribution in [0.5, 0.6) is 0 Å². The van der Waals surface area contributed by atoms with E-state index in [2.05, 4.69) is 0 Å². The van der Waals surface area contributed by atoms with Crippen LogP contribution in [0.3, 0.4) is 0 Å². The highest BCUT2D eigenvalue weighted by Gasteiger charge is 2.13. The number of carbonyl (C=O) groups excluding carboxylic acids is 1. The summed E-state index contributed by atoms with van der Waals surface area (Å²) in [6.45, 7) is 1.77. The number of hydrogen-bond acceptors (Lipinski definition) is 1. The second kappa shape index (κ2) is 5.08. The first-order valence-electron chi connectivity index (χ1n) is 5.70. The van der Waals surface area contributed by atoms with Gasteiger partial charge in [0.2, 0.25) is 0 Å². The van der Waals surface area contributed by atoms with Gasteiger partial charge in [0.25, 0.3) is 0 Å².